The third kappa shape index (κ3) is 2.82. The van der Waals surface area contributed by atoms with Gasteiger partial charge < -0.3 is 0 Å². The van der Waals surface area contributed by atoms with E-state index in [1.807, 2.05) is 0 Å². The van der Waals surface area contributed by atoms with Crippen LogP contribution in [0.1, 0.15) is 20.7 Å². The molecule has 1 aliphatic carbocycles. The number of benzene rings is 1. The van der Waals surface area contributed by atoms with Crippen LogP contribution in [-0.2, 0) is 10.1 Å². The van der Waals surface area contributed by atoms with E-state index in [1.165, 1.54) is 18.2 Å². The van der Waals surface area contributed by atoms with Gasteiger partial charge in [0.1, 0.15) is 4.91 Å². The van der Waals surface area contributed by atoms with Crippen LogP contribution in [0.4, 0.5) is 0 Å². The van der Waals surface area contributed by atoms with E-state index in [4.69, 9.17) is 4.55 Å². The Hall–Kier alpha value is -0.154. The molecule has 0 saturated carbocycles. The van der Waals surface area contributed by atoms with Crippen LogP contribution in [-0.4, -0.2) is 75.9 Å². The Labute approximate surface area is 140 Å². The van der Waals surface area contributed by atoms with Crippen molar-refractivity contribution in [3.05, 3.63) is 46.4 Å². The number of hydrogen-bond donors (Lipinski definition) is 1. The predicted molar refractivity (Wildman–Crippen MR) is 61.9 cm³/mol. The molecule has 0 aromatic heterocycles. The zero-order valence-electron chi connectivity index (χ0n) is 7.88. The van der Waals surface area contributed by atoms with Crippen LogP contribution in [0.3, 0.4) is 0 Å². The van der Waals surface area contributed by atoms with Crippen LogP contribution in [0.25, 0.3) is 0 Å². The summed E-state index contributed by atoms with van der Waals surface area (Å²) in [5.41, 5.74) is 0.127. The molecule has 0 spiro atoms. The normalized spacial score (nSPS) is 14.8. The molecule has 0 radical (unpaired) electrons. The maximum atomic E-state index is 11.6. The van der Waals surface area contributed by atoms with Crippen LogP contribution in [0.15, 0.2) is 35.2 Å². The molecule has 0 unspecified atom stereocenters. The number of Topliss-reactive ketones (excluding diaryl/α,β-unsaturated/α-hetero) is 1. The summed E-state index contributed by atoms with van der Waals surface area (Å²) in [6, 6.07) is 5.84. The van der Waals surface area contributed by atoms with Crippen LogP contribution >= 0.6 is 0 Å². The Kier molecular flexibility index (Phi) is 4.58. The van der Waals surface area contributed by atoms with Crippen molar-refractivity contribution in [2.24, 2.45) is 0 Å². The zero-order valence-corrected chi connectivity index (χ0v) is 8.69. The van der Waals surface area contributed by atoms with Gasteiger partial charge in [-0.2, -0.15) is 8.42 Å². The zero-order chi connectivity index (χ0) is 11.9. The van der Waals surface area contributed by atoms with Crippen molar-refractivity contribution in [1.82, 2.24) is 0 Å². The Balaban J connectivity index is 0.00000144. The molecule has 0 atom stereocenters. The van der Waals surface area contributed by atoms with Gasteiger partial charge in [-0.3, -0.25) is 14.1 Å². The molecule has 17 heavy (non-hydrogen) atoms. The first kappa shape index (κ1) is 14.9. The second-order valence-corrected chi connectivity index (χ2v) is 4.61. The van der Waals surface area contributed by atoms with Gasteiger partial charge in [0.15, 0.2) is 5.78 Å². The third-order valence-corrected chi connectivity index (χ3v) is 3.06. The minimum absolute atomic E-state index is 0. The van der Waals surface area contributed by atoms with E-state index in [0.29, 0.717) is 6.08 Å². The van der Waals surface area contributed by atoms with Crippen molar-refractivity contribution in [1.29, 1.82) is 0 Å². The van der Waals surface area contributed by atoms with Gasteiger partial charge in [-0.1, -0.05) is 24.3 Å². The van der Waals surface area contributed by atoms with Crippen molar-refractivity contribution < 1.29 is 22.6 Å². The second-order valence-electron chi connectivity index (χ2n) is 3.22. The number of ketones is 2. The van der Waals surface area contributed by atoms with E-state index in [1.54, 1.807) is 6.07 Å². The fourth-order valence-corrected chi connectivity index (χ4v) is 2.08. The molecule has 7 heteroatoms. The van der Waals surface area contributed by atoms with Crippen molar-refractivity contribution in [2.45, 2.75) is 0 Å². The topological polar surface area (TPSA) is 88.5 Å². The summed E-state index contributed by atoms with van der Waals surface area (Å²) in [4.78, 5) is 22.3. The van der Waals surface area contributed by atoms with Gasteiger partial charge in [-0.15, -0.1) is 0 Å². The van der Waals surface area contributed by atoms with Crippen molar-refractivity contribution >= 4 is 73.1 Å². The van der Waals surface area contributed by atoms with Gasteiger partial charge in [0.25, 0.3) is 10.1 Å². The average molecular weight is 278 g/mol. The third-order valence-electron chi connectivity index (χ3n) is 2.20. The molecule has 0 heterocycles. The number of carbonyl (C=O) groups excluding carboxylic acids is 2. The summed E-state index contributed by atoms with van der Waals surface area (Å²) in [5.74, 6) is -1.47. The summed E-state index contributed by atoms with van der Waals surface area (Å²) in [5, 5.41) is 0. The molecule has 1 aromatic rings. The minimum atomic E-state index is -4.66. The van der Waals surface area contributed by atoms with E-state index in [9.17, 15) is 18.0 Å². The van der Waals surface area contributed by atoms with Gasteiger partial charge in [0, 0.05) is 17.2 Å². The fraction of sp³-hybridized carbons (Fsp3) is 0. The van der Waals surface area contributed by atoms with E-state index < -0.39 is 26.6 Å². The summed E-state index contributed by atoms with van der Waals surface area (Å²) in [6.45, 7) is 0. The first-order valence-electron chi connectivity index (χ1n) is 4.28. The Bertz CT molecular complexity index is 630. The summed E-state index contributed by atoms with van der Waals surface area (Å²) in [6.07, 6.45) is 0.639. The molecule has 1 N–H and O–H groups in total. The van der Waals surface area contributed by atoms with Gasteiger partial charge in [0.05, 0.1) is 0 Å². The molecular formula is C10H7KO5S. The molecule has 0 amide bonds. The van der Waals surface area contributed by atoms with E-state index in [0.717, 1.165) is 0 Å². The van der Waals surface area contributed by atoms with Crippen LogP contribution in [0.5, 0.6) is 0 Å². The molecule has 5 nitrogen and oxygen atoms in total. The molecule has 0 aliphatic heterocycles. The van der Waals surface area contributed by atoms with Crippen molar-refractivity contribution in [3.63, 3.8) is 0 Å². The Morgan fingerprint density at radius 2 is 1.53 bits per heavy atom. The molecule has 1 aliphatic rings. The van der Waals surface area contributed by atoms with Gasteiger partial charge >= 0.3 is 51.4 Å². The van der Waals surface area contributed by atoms with E-state index in [-0.39, 0.29) is 62.5 Å². The molecule has 0 fully saturated rings. The van der Waals surface area contributed by atoms with Gasteiger partial charge in [0.2, 0.25) is 5.78 Å². The molecular weight excluding hydrogens is 271 g/mol. The maximum absolute atomic E-state index is 11.6. The first-order valence-corrected chi connectivity index (χ1v) is 5.72. The molecule has 1 aromatic carbocycles. The Morgan fingerprint density at radius 1 is 1.00 bits per heavy atom. The van der Waals surface area contributed by atoms with Crippen molar-refractivity contribution in [3.8, 4) is 0 Å². The summed E-state index contributed by atoms with van der Waals surface area (Å²) < 4.78 is 30.5. The number of allylic oxidation sites excluding steroid dienone is 2. The second kappa shape index (κ2) is 5.23. The summed E-state index contributed by atoms with van der Waals surface area (Å²) in [7, 11) is -4.66. The quantitative estimate of drug-likeness (QED) is 0.585. The molecule has 0 saturated heterocycles. The van der Waals surface area contributed by atoms with E-state index in [2.05, 4.69) is 0 Å². The van der Waals surface area contributed by atoms with Gasteiger partial charge in [-0.05, 0) is 0 Å². The van der Waals surface area contributed by atoms with E-state index >= 15 is 0 Å². The predicted octanol–water partition coefficient (Wildman–Crippen LogP) is 0.189. The number of hydrogen-bond acceptors (Lipinski definition) is 4. The van der Waals surface area contributed by atoms with Crippen LogP contribution < -0.4 is 0 Å². The summed E-state index contributed by atoms with van der Waals surface area (Å²) >= 11 is 0. The molecule has 2 rings (SSSR count). The monoisotopic (exact) mass is 278 g/mol. The SMILES string of the molecule is O=C1C=C(S(=O)(=O)O)C(=O)c2ccccc21.[KH]. The fourth-order valence-electron chi connectivity index (χ4n) is 1.48. The average Bonchev–Trinajstić information content (AvgIpc) is 2.22. The number of rotatable bonds is 1. The van der Waals surface area contributed by atoms with Crippen LogP contribution in [0, 0.1) is 0 Å². The van der Waals surface area contributed by atoms with Crippen molar-refractivity contribution in [2.75, 3.05) is 0 Å². The first-order chi connectivity index (χ1) is 7.41. The number of fused-ring (bicyclic) bond motifs is 1. The molecule has 0 bridgehead atoms. The standard InChI is InChI=1S/C10H6O5S.K.H/c11-8-5-9(16(13,14)15)10(12)7-4-2-1-3-6(7)8;;/h1-5H,(H,13,14,15);;. The number of carbonyl (C=O) groups is 2. The molecule has 84 valence electrons. The van der Waals surface area contributed by atoms with Gasteiger partial charge in [-0.25, -0.2) is 0 Å². The Morgan fingerprint density at radius 3 is 2.06 bits per heavy atom. The van der Waals surface area contributed by atoms with Crippen LogP contribution in [0.2, 0.25) is 0 Å².